The first-order valence-electron chi connectivity index (χ1n) is 6.06. The van der Waals surface area contributed by atoms with Gasteiger partial charge in [-0.15, -0.1) is 0 Å². The van der Waals surface area contributed by atoms with Gasteiger partial charge >= 0.3 is 0 Å². The normalized spacial score (nSPS) is 11.4. The number of nitrogens with zero attached hydrogens (tertiary/aromatic N) is 1. The van der Waals surface area contributed by atoms with E-state index in [0.29, 0.717) is 5.56 Å². The molecule has 2 aromatic carbocycles. The van der Waals surface area contributed by atoms with E-state index in [-0.39, 0.29) is 5.91 Å². The van der Waals surface area contributed by atoms with Crippen LogP contribution in [0.1, 0.15) is 17.3 Å². The van der Waals surface area contributed by atoms with Crippen molar-refractivity contribution < 1.29 is 4.79 Å². The molecular formula is C16H14N2O. The Morgan fingerprint density at radius 3 is 2.47 bits per heavy atom. The summed E-state index contributed by atoms with van der Waals surface area (Å²) < 4.78 is 0. The van der Waals surface area contributed by atoms with Crippen LogP contribution >= 0.6 is 0 Å². The van der Waals surface area contributed by atoms with Gasteiger partial charge in [0.2, 0.25) is 0 Å². The molecule has 0 saturated carbocycles. The van der Waals surface area contributed by atoms with Gasteiger partial charge < -0.3 is 5.32 Å². The predicted octanol–water partition coefficient (Wildman–Crippen LogP) is 3.00. The summed E-state index contributed by atoms with van der Waals surface area (Å²) in [5.74, 6) is -0.230. The molecule has 3 nitrogen and oxygen atoms in total. The number of hydrogen-bond donors (Lipinski definition) is 1. The van der Waals surface area contributed by atoms with Crippen molar-refractivity contribution in [2.24, 2.45) is 0 Å². The average Bonchev–Trinajstić information content (AvgIpc) is 2.48. The lowest BCUT2D eigenvalue weighted by atomic mass is 10.0. The summed E-state index contributed by atoms with van der Waals surface area (Å²) in [6, 6.07) is 18.7. The summed E-state index contributed by atoms with van der Waals surface area (Å²) >= 11 is 0. The summed E-state index contributed by atoms with van der Waals surface area (Å²) in [7, 11) is 0. The fraction of sp³-hybridized carbons (Fsp3) is 0.125. The van der Waals surface area contributed by atoms with Crippen molar-refractivity contribution in [2.75, 3.05) is 0 Å². The molecule has 2 rings (SSSR count). The van der Waals surface area contributed by atoms with E-state index in [2.05, 4.69) is 5.32 Å². The molecule has 19 heavy (non-hydrogen) atoms. The first kappa shape index (κ1) is 12.8. The highest BCUT2D eigenvalue weighted by molar-refractivity contribution is 5.95. The minimum absolute atomic E-state index is 0.230. The van der Waals surface area contributed by atoms with E-state index in [0.717, 1.165) is 11.1 Å². The maximum absolute atomic E-state index is 11.9. The Labute approximate surface area is 112 Å². The van der Waals surface area contributed by atoms with Crippen LogP contribution in [0.2, 0.25) is 0 Å². The quantitative estimate of drug-likeness (QED) is 0.910. The largest absolute Gasteiger partial charge is 0.337 e. The number of nitrogens with one attached hydrogen (secondary N) is 1. The number of carbonyl (C=O) groups is 1. The fourth-order valence-electron chi connectivity index (χ4n) is 1.78. The Kier molecular flexibility index (Phi) is 3.94. The minimum Gasteiger partial charge on any atom is -0.337 e. The number of benzene rings is 2. The zero-order valence-electron chi connectivity index (χ0n) is 10.6. The van der Waals surface area contributed by atoms with E-state index in [9.17, 15) is 4.79 Å². The van der Waals surface area contributed by atoms with E-state index in [4.69, 9.17) is 5.26 Å². The number of amides is 1. The summed E-state index contributed by atoms with van der Waals surface area (Å²) in [6.07, 6.45) is 0. The molecule has 1 N–H and O–H groups in total. The third-order valence-electron chi connectivity index (χ3n) is 2.77. The molecule has 0 bridgehead atoms. The van der Waals surface area contributed by atoms with E-state index < -0.39 is 6.04 Å². The molecule has 0 aliphatic heterocycles. The highest BCUT2D eigenvalue weighted by Gasteiger charge is 2.09. The SMILES string of the molecule is CC(C#N)NC(=O)c1cccc(-c2ccccc2)c1. The molecule has 0 aliphatic rings. The van der Waals surface area contributed by atoms with Crippen molar-refractivity contribution in [3.05, 3.63) is 60.2 Å². The molecule has 0 heterocycles. The van der Waals surface area contributed by atoms with Crippen molar-refractivity contribution in [1.82, 2.24) is 5.32 Å². The topological polar surface area (TPSA) is 52.9 Å². The fourth-order valence-corrected chi connectivity index (χ4v) is 1.78. The summed E-state index contributed by atoms with van der Waals surface area (Å²) in [5, 5.41) is 11.3. The maximum atomic E-state index is 11.9. The van der Waals surface area contributed by atoms with Gasteiger partial charge in [-0.3, -0.25) is 4.79 Å². The first-order chi connectivity index (χ1) is 9.20. The molecule has 2 aromatic rings. The number of nitriles is 1. The molecule has 0 spiro atoms. The van der Waals surface area contributed by atoms with Crippen LogP contribution < -0.4 is 5.32 Å². The molecular weight excluding hydrogens is 236 g/mol. The molecule has 0 fully saturated rings. The predicted molar refractivity (Wildman–Crippen MR) is 74.4 cm³/mol. The van der Waals surface area contributed by atoms with Gasteiger partial charge in [0.05, 0.1) is 6.07 Å². The van der Waals surface area contributed by atoms with Gasteiger partial charge in [-0.1, -0.05) is 42.5 Å². The lowest BCUT2D eigenvalue weighted by Gasteiger charge is -2.08. The van der Waals surface area contributed by atoms with Crippen LogP contribution in [0.5, 0.6) is 0 Å². The van der Waals surface area contributed by atoms with Crippen LogP contribution in [0.3, 0.4) is 0 Å². The van der Waals surface area contributed by atoms with Crippen molar-refractivity contribution in [2.45, 2.75) is 13.0 Å². The van der Waals surface area contributed by atoms with E-state index >= 15 is 0 Å². The van der Waals surface area contributed by atoms with Crippen LogP contribution in [0.15, 0.2) is 54.6 Å². The Hall–Kier alpha value is -2.60. The summed E-state index contributed by atoms with van der Waals surface area (Å²) in [5.41, 5.74) is 2.60. The van der Waals surface area contributed by atoms with Gasteiger partial charge in [0.25, 0.3) is 5.91 Å². The zero-order chi connectivity index (χ0) is 13.7. The second kappa shape index (κ2) is 5.83. The third kappa shape index (κ3) is 3.20. The van der Waals surface area contributed by atoms with Gasteiger partial charge in [-0.2, -0.15) is 5.26 Å². The van der Waals surface area contributed by atoms with Crippen molar-refractivity contribution in [3.63, 3.8) is 0 Å². The monoisotopic (exact) mass is 250 g/mol. The smallest absolute Gasteiger partial charge is 0.252 e. The maximum Gasteiger partial charge on any atom is 0.252 e. The van der Waals surface area contributed by atoms with Crippen LogP contribution in [0.4, 0.5) is 0 Å². The molecule has 0 saturated heterocycles. The van der Waals surface area contributed by atoms with E-state index in [1.165, 1.54) is 0 Å². The van der Waals surface area contributed by atoms with Gasteiger partial charge in [0, 0.05) is 5.56 Å². The minimum atomic E-state index is -0.493. The Morgan fingerprint density at radius 2 is 1.79 bits per heavy atom. The Balaban J connectivity index is 2.26. The lowest BCUT2D eigenvalue weighted by molar-refractivity contribution is 0.0948. The van der Waals surface area contributed by atoms with E-state index in [1.807, 2.05) is 54.6 Å². The molecule has 0 radical (unpaired) electrons. The molecule has 1 atom stereocenters. The van der Waals surface area contributed by atoms with Gasteiger partial charge in [-0.05, 0) is 30.2 Å². The highest BCUT2D eigenvalue weighted by Crippen LogP contribution is 2.19. The number of carbonyl (C=O) groups excluding carboxylic acids is 1. The second-order valence-corrected chi connectivity index (χ2v) is 4.27. The van der Waals surface area contributed by atoms with Crippen LogP contribution in [0.25, 0.3) is 11.1 Å². The van der Waals surface area contributed by atoms with Crippen LogP contribution in [0, 0.1) is 11.3 Å². The van der Waals surface area contributed by atoms with Crippen LogP contribution in [-0.2, 0) is 0 Å². The molecule has 1 unspecified atom stereocenters. The molecule has 3 heteroatoms. The first-order valence-corrected chi connectivity index (χ1v) is 6.06. The molecule has 1 amide bonds. The third-order valence-corrected chi connectivity index (χ3v) is 2.77. The van der Waals surface area contributed by atoms with Crippen molar-refractivity contribution >= 4 is 5.91 Å². The van der Waals surface area contributed by atoms with Crippen molar-refractivity contribution in [3.8, 4) is 17.2 Å². The second-order valence-electron chi connectivity index (χ2n) is 4.27. The Bertz CT molecular complexity index is 614. The summed E-state index contributed by atoms with van der Waals surface area (Å²) in [4.78, 5) is 11.9. The van der Waals surface area contributed by atoms with E-state index in [1.54, 1.807) is 13.0 Å². The van der Waals surface area contributed by atoms with Gasteiger partial charge in [0.1, 0.15) is 6.04 Å². The zero-order valence-corrected chi connectivity index (χ0v) is 10.6. The number of hydrogen-bond acceptors (Lipinski definition) is 2. The molecule has 0 aromatic heterocycles. The molecule has 94 valence electrons. The lowest BCUT2D eigenvalue weighted by Crippen LogP contribution is -2.31. The highest BCUT2D eigenvalue weighted by atomic mass is 16.1. The number of rotatable bonds is 3. The average molecular weight is 250 g/mol. The van der Waals surface area contributed by atoms with Gasteiger partial charge in [-0.25, -0.2) is 0 Å². The summed E-state index contributed by atoms with van der Waals surface area (Å²) in [6.45, 7) is 1.65. The standard InChI is InChI=1S/C16H14N2O/c1-12(11-17)18-16(19)15-9-5-8-14(10-15)13-6-3-2-4-7-13/h2-10,12H,1H3,(H,18,19). The van der Waals surface area contributed by atoms with Gasteiger partial charge in [0.15, 0.2) is 0 Å². The Morgan fingerprint density at radius 1 is 1.11 bits per heavy atom. The van der Waals surface area contributed by atoms with Crippen LogP contribution in [-0.4, -0.2) is 11.9 Å². The molecule has 0 aliphatic carbocycles. The van der Waals surface area contributed by atoms with Crippen molar-refractivity contribution in [1.29, 1.82) is 5.26 Å².